The van der Waals surface area contributed by atoms with Crippen LogP contribution in [0.5, 0.6) is 0 Å². The van der Waals surface area contributed by atoms with E-state index in [1.807, 2.05) is 0 Å². The molecule has 1 spiro atoms. The summed E-state index contributed by atoms with van der Waals surface area (Å²) in [6.45, 7) is 0. The Kier molecular flexibility index (Phi) is 0.769. The minimum Gasteiger partial charge on any atom is -0.200 e. The highest BCUT2D eigenvalue weighted by Gasteiger charge is 2.85. The Bertz CT molecular complexity index is 214. The average Bonchev–Trinajstić information content (AvgIpc) is 2.51. The Morgan fingerprint density at radius 3 is 1.80 bits per heavy atom. The molecule has 0 saturated heterocycles. The van der Waals surface area contributed by atoms with E-state index >= 15 is 0 Å². The van der Waals surface area contributed by atoms with Crippen molar-refractivity contribution < 1.29 is 17.6 Å². The van der Waals surface area contributed by atoms with Gasteiger partial charge in [-0.1, -0.05) is 0 Å². The molecule has 2 rings (SSSR count). The van der Waals surface area contributed by atoms with Crippen LogP contribution < -0.4 is 0 Å². The summed E-state index contributed by atoms with van der Waals surface area (Å²) >= 11 is 0. The van der Waals surface area contributed by atoms with E-state index in [2.05, 4.69) is 0 Å². The van der Waals surface area contributed by atoms with E-state index in [1.165, 1.54) is 0 Å². The summed E-state index contributed by atoms with van der Waals surface area (Å²) in [4.78, 5) is 0. The van der Waals surface area contributed by atoms with Crippen molar-refractivity contribution in [3.8, 4) is 0 Å². The summed E-state index contributed by atoms with van der Waals surface area (Å²) in [6, 6.07) is 0. The number of alkyl halides is 2. The maximum Gasteiger partial charge on any atom is 0.285 e. The molecule has 2 aliphatic carbocycles. The van der Waals surface area contributed by atoms with Crippen LogP contribution in [0.25, 0.3) is 0 Å². The Morgan fingerprint density at radius 2 is 1.70 bits per heavy atom. The van der Waals surface area contributed by atoms with Crippen molar-refractivity contribution in [1.29, 1.82) is 0 Å². The first-order chi connectivity index (χ1) is 4.52. The third kappa shape index (κ3) is 0.413. The van der Waals surface area contributed by atoms with E-state index < -0.39 is 23.0 Å². The van der Waals surface area contributed by atoms with Gasteiger partial charge in [-0.2, -0.15) is 8.78 Å². The number of hydrogen-bond donors (Lipinski definition) is 0. The van der Waals surface area contributed by atoms with E-state index in [-0.39, 0.29) is 12.8 Å². The van der Waals surface area contributed by atoms with Crippen LogP contribution in [0.3, 0.4) is 0 Å². The van der Waals surface area contributed by atoms with Crippen LogP contribution in [0.15, 0.2) is 11.7 Å². The van der Waals surface area contributed by atoms with Crippen LogP contribution in [0.1, 0.15) is 12.8 Å². The zero-order valence-corrected chi connectivity index (χ0v) is 4.93. The fourth-order valence-corrected chi connectivity index (χ4v) is 1.42. The van der Waals surface area contributed by atoms with Crippen LogP contribution in [-0.4, -0.2) is 5.92 Å². The summed E-state index contributed by atoms with van der Waals surface area (Å²) in [5.74, 6) is -3.17. The highest BCUT2D eigenvalue weighted by molar-refractivity contribution is 5.51. The van der Waals surface area contributed by atoms with Gasteiger partial charge in [-0.25, -0.2) is 8.78 Å². The Hall–Kier alpha value is -0.540. The highest BCUT2D eigenvalue weighted by atomic mass is 19.3. The topological polar surface area (TPSA) is 0 Å². The fraction of sp³-hybridized carbons (Fsp3) is 0.667. The maximum atomic E-state index is 12.3. The van der Waals surface area contributed by atoms with Gasteiger partial charge in [0.2, 0.25) is 0 Å². The molecule has 0 atom stereocenters. The number of rotatable bonds is 0. The minimum atomic E-state index is -3.17. The first-order valence-corrected chi connectivity index (χ1v) is 2.96. The van der Waals surface area contributed by atoms with Gasteiger partial charge in [0.1, 0.15) is 0 Å². The van der Waals surface area contributed by atoms with E-state index in [9.17, 15) is 17.6 Å². The lowest BCUT2D eigenvalue weighted by Gasteiger charge is -1.83. The SMILES string of the molecule is FC(F)=C1C(F)(F)C12CC2. The third-order valence-corrected chi connectivity index (χ3v) is 2.27. The van der Waals surface area contributed by atoms with Crippen molar-refractivity contribution in [2.24, 2.45) is 5.41 Å². The standard InChI is InChI=1S/C6H4F4/c7-4(8)3-5(1-2-5)6(3,9)10/h1-2H2. The fourth-order valence-electron chi connectivity index (χ4n) is 1.42. The molecule has 0 aromatic carbocycles. The predicted octanol–water partition coefficient (Wildman–Crippen LogP) is 2.57. The van der Waals surface area contributed by atoms with Gasteiger partial charge in [0.25, 0.3) is 12.0 Å². The Labute approximate surface area is 54.5 Å². The van der Waals surface area contributed by atoms with Gasteiger partial charge in [-0.3, -0.25) is 0 Å². The highest BCUT2D eigenvalue weighted by Crippen LogP contribution is 2.80. The summed E-state index contributed by atoms with van der Waals surface area (Å²) in [5, 5.41) is 0. The quantitative estimate of drug-likeness (QED) is 0.468. The van der Waals surface area contributed by atoms with Crippen molar-refractivity contribution in [2.75, 3.05) is 0 Å². The van der Waals surface area contributed by atoms with Crippen molar-refractivity contribution in [2.45, 2.75) is 18.8 Å². The molecule has 4 heteroatoms. The first kappa shape index (κ1) is 6.19. The van der Waals surface area contributed by atoms with Crippen LogP contribution in [0.2, 0.25) is 0 Å². The van der Waals surface area contributed by atoms with Gasteiger partial charge in [0, 0.05) is 0 Å². The van der Waals surface area contributed by atoms with Gasteiger partial charge in [0.15, 0.2) is 0 Å². The molecule has 10 heavy (non-hydrogen) atoms. The van der Waals surface area contributed by atoms with Gasteiger partial charge >= 0.3 is 0 Å². The number of halogens is 4. The largest absolute Gasteiger partial charge is 0.285 e. The minimum absolute atomic E-state index is 0.229. The second-order valence-electron chi connectivity index (χ2n) is 2.79. The van der Waals surface area contributed by atoms with Crippen molar-refractivity contribution in [3.63, 3.8) is 0 Å². The van der Waals surface area contributed by atoms with Crippen molar-refractivity contribution in [3.05, 3.63) is 11.7 Å². The van der Waals surface area contributed by atoms with Crippen molar-refractivity contribution >= 4 is 0 Å². The molecule has 0 nitrogen and oxygen atoms in total. The molecule has 0 unspecified atom stereocenters. The molecule has 0 N–H and O–H groups in total. The summed E-state index contributed by atoms with van der Waals surface area (Å²) in [5.41, 5.74) is -2.27. The average molecular weight is 152 g/mol. The van der Waals surface area contributed by atoms with Crippen molar-refractivity contribution in [1.82, 2.24) is 0 Å². The molecule has 0 bridgehead atoms. The molecule has 0 aromatic rings. The molecule has 2 saturated carbocycles. The first-order valence-electron chi connectivity index (χ1n) is 2.96. The molecule has 0 heterocycles. The summed E-state index contributed by atoms with van der Waals surface area (Å²) in [6.07, 6.45) is -1.72. The van der Waals surface area contributed by atoms with Crippen LogP contribution in [0.4, 0.5) is 17.6 Å². The lowest BCUT2D eigenvalue weighted by atomic mass is 10.4. The molecule has 0 aromatic heterocycles. The predicted molar refractivity (Wildman–Crippen MR) is 25.9 cm³/mol. The van der Waals surface area contributed by atoms with E-state index in [0.29, 0.717) is 0 Å². The van der Waals surface area contributed by atoms with E-state index in [1.54, 1.807) is 0 Å². The number of hydrogen-bond acceptors (Lipinski definition) is 0. The molecule has 2 aliphatic rings. The lowest BCUT2D eigenvalue weighted by Crippen LogP contribution is -1.91. The third-order valence-electron chi connectivity index (χ3n) is 2.27. The number of allylic oxidation sites excluding steroid dienone is 1. The summed E-state index contributed by atoms with van der Waals surface area (Å²) < 4.78 is 48.0. The monoisotopic (exact) mass is 152 g/mol. The van der Waals surface area contributed by atoms with E-state index in [4.69, 9.17) is 0 Å². The second kappa shape index (κ2) is 1.24. The summed E-state index contributed by atoms with van der Waals surface area (Å²) in [7, 11) is 0. The van der Waals surface area contributed by atoms with Gasteiger partial charge in [-0.15, -0.1) is 0 Å². The molecule has 0 amide bonds. The normalized spacial score (nSPS) is 30.6. The van der Waals surface area contributed by atoms with Gasteiger partial charge < -0.3 is 0 Å². The molecule has 56 valence electrons. The Balaban J connectivity index is 2.41. The van der Waals surface area contributed by atoms with Gasteiger partial charge in [-0.05, 0) is 12.8 Å². The molecular formula is C6H4F4. The van der Waals surface area contributed by atoms with Crippen LogP contribution in [-0.2, 0) is 0 Å². The molecular weight excluding hydrogens is 148 g/mol. The molecule has 2 fully saturated rings. The molecule has 0 aliphatic heterocycles. The van der Waals surface area contributed by atoms with Crippen LogP contribution in [0, 0.1) is 5.41 Å². The smallest absolute Gasteiger partial charge is 0.200 e. The molecule has 0 radical (unpaired) electrons. The van der Waals surface area contributed by atoms with Gasteiger partial charge in [0.05, 0.1) is 11.0 Å². The second-order valence-corrected chi connectivity index (χ2v) is 2.79. The zero-order chi connectivity index (χ0) is 7.57. The van der Waals surface area contributed by atoms with E-state index in [0.717, 1.165) is 0 Å². The zero-order valence-electron chi connectivity index (χ0n) is 4.93. The lowest BCUT2D eigenvalue weighted by molar-refractivity contribution is 0.101. The van der Waals surface area contributed by atoms with Crippen LogP contribution >= 0.6 is 0 Å². The Morgan fingerprint density at radius 1 is 1.20 bits per heavy atom. The maximum absolute atomic E-state index is 12.3.